The highest BCUT2D eigenvalue weighted by molar-refractivity contribution is 6.02. The number of methoxy groups -OCH3 is 1. The molecule has 0 bridgehead atoms. The van der Waals surface area contributed by atoms with Crippen LogP contribution in [0.2, 0.25) is 0 Å². The second kappa shape index (κ2) is 8.92. The van der Waals surface area contributed by atoms with Crippen LogP contribution in [0, 0.1) is 0 Å². The highest BCUT2D eigenvalue weighted by Crippen LogP contribution is 2.44. The summed E-state index contributed by atoms with van der Waals surface area (Å²) in [5.41, 5.74) is 1.69. The molecule has 0 fully saturated rings. The van der Waals surface area contributed by atoms with Crippen LogP contribution in [0.15, 0.2) is 53.7 Å². The predicted molar refractivity (Wildman–Crippen MR) is 115 cm³/mol. The third kappa shape index (κ3) is 4.60. The summed E-state index contributed by atoms with van der Waals surface area (Å²) in [4.78, 5) is 25.6. The monoisotopic (exact) mass is 459 g/mol. The van der Waals surface area contributed by atoms with Gasteiger partial charge in [0.2, 0.25) is 5.91 Å². The number of nitrogens with one attached hydrogen (secondary N) is 1. The molecule has 174 valence electrons. The molecule has 2 aromatic rings. The maximum atomic E-state index is 13.2. The molecule has 1 aliphatic heterocycles. The molecule has 0 spiro atoms. The molecule has 2 unspecified atom stereocenters. The molecule has 1 N–H and O–H groups in total. The van der Waals surface area contributed by atoms with Gasteiger partial charge in [0, 0.05) is 30.0 Å². The number of Topliss-reactive ketones (excluding diaryl/α,β-unsaturated/α-hetero) is 1. The van der Waals surface area contributed by atoms with Gasteiger partial charge < -0.3 is 14.8 Å². The summed E-state index contributed by atoms with van der Waals surface area (Å²) in [5.74, 6) is 0.0956. The Morgan fingerprint density at radius 2 is 1.67 bits per heavy atom. The van der Waals surface area contributed by atoms with E-state index in [2.05, 4.69) is 5.32 Å². The van der Waals surface area contributed by atoms with Crippen LogP contribution in [-0.2, 0) is 15.8 Å². The Kier molecular flexibility index (Phi) is 6.19. The van der Waals surface area contributed by atoms with Crippen molar-refractivity contribution < 1.29 is 32.2 Å². The minimum Gasteiger partial charge on any atom is -0.493 e. The maximum absolute atomic E-state index is 13.2. The molecule has 0 radical (unpaired) electrons. The normalized spacial score (nSPS) is 20.9. The summed E-state index contributed by atoms with van der Waals surface area (Å²) >= 11 is 0. The van der Waals surface area contributed by atoms with Crippen molar-refractivity contribution in [2.45, 2.75) is 44.2 Å². The zero-order valence-corrected chi connectivity index (χ0v) is 18.3. The van der Waals surface area contributed by atoms with Crippen molar-refractivity contribution >= 4 is 11.7 Å². The van der Waals surface area contributed by atoms with Gasteiger partial charge >= 0.3 is 6.18 Å². The number of hydrogen-bond acceptors (Lipinski definition) is 4. The Balaban J connectivity index is 1.65. The van der Waals surface area contributed by atoms with Crippen molar-refractivity contribution in [1.82, 2.24) is 5.32 Å². The summed E-state index contributed by atoms with van der Waals surface area (Å²) in [6.45, 7) is 2.37. The summed E-state index contributed by atoms with van der Waals surface area (Å²) in [7, 11) is 1.55. The molecule has 5 nitrogen and oxygen atoms in total. The van der Waals surface area contributed by atoms with Gasteiger partial charge in [0.15, 0.2) is 17.3 Å². The zero-order chi connectivity index (χ0) is 23.8. The van der Waals surface area contributed by atoms with Crippen LogP contribution in [0.25, 0.3) is 0 Å². The molecule has 0 aromatic heterocycles. The van der Waals surface area contributed by atoms with E-state index in [0.717, 1.165) is 17.7 Å². The van der Waals surface area contributed by atoms with E-state index < -0.39 is 17.7 Å². The molecular weight excluding hydrogens is 435 g/mol. The van der Waals surface area contributed by atoms with Crippen molar-refractivity contribution in [3.63, 3.8) is 0 Å². The third-order valence-electron chi connectivity index (χ3n) is 6.14. The molecule has 0 saturated carbocycles. The minimum absolute atomic E-state index is 0.0253. The molecule has 1 heterocycles. The first-order chi connectivity index (χ1) is 15.7. The lowest BCUT2D eigenvalue weighted by Crippen LogP contribution is -2.38. The SMILES string of the molecule is CCOc1ccc(C2CC(=O)C3=C(C2)NC(=O)CC3c2ccc(C(F)(F)F)cc2)cc1OC. The Bertz CT molecular complexity index is 1110. The predicted octanol–water partition coefficient (Wildman–Crippen LogP) is 5.12. The standard InChI is InChI=1S/C25H24F3NO4/c1-3-33-21-9-6-15(12-22(21)32-2)16-10-19-24(20(30)11-16)18(13-23(31)29-19)14-4-7-17(8-5-14)25(26,27)28/h4-9,12,16,18H,3,10-11,13H2,1-2H3,(H,29,31). The third-order valence-corrected chi connectivity index (χ3v) is 6.14. The van der Waals surface area contributed by atoms with Gasteiger partial charge in [-0.2, -0.15) is 13.2 Å². The van der Waals surface area contributed by atoms with Crippen molar-refractivity contribution in [2.75, 3.05) is 13.7 Å². The molecule has 1 aliphatic carbocycles. The summed E-state index contributed by atoms with van der Waals surface area (Å²) < 4.78 is 49.8. The fourth-order valence-electron chi connectivity index (χ4n) is 4.60. The lowest BCUT2D eigenvalue weighted by Gasteiger charge is -2.34. The van der Waals surface area contributed by atoms with Gasteiger partial charge in [0.25, 0.3) is 0 Å². The lowest BCUT2D eigenvalue weighted by atomic mass is 9.73. The van der Waals surface area contributed by atoms with Gasteiger partial charge in [-0.3, -0.25) is 9.59 Å². The summed E-state index contributed by atoms with van der Waals surface area (Å²) in [6.07, 6.45) is -3.74. The molecule has 4 rings (SSSR count). The van der Waals surface area contributed by atoms with Gasteiger partial charge in [-0.1, -0.05) is 18.2 Å². The van der Waals surface area contributed by atoms with Crippen LogP contribution < -0.4 is 14.8 Å². The van der Waals surface area contributed by atoms with Crippen molar-refractivity contribution in [3.8, 4) is 11.5 Å². The Hall–Kier alpha value is -3.29. The fourth-order valence-corrected chi connectivity index (χ4v) is 4.60. The van der Waals surface area contributed by atoms with Crippen molar-refractivity contribution in [2.24, 2.45) is 0 Å². The van der Waals surface area contributed by atoms with Gasteiger partial charge in [0.1, 0.15) is 0 Å². The Morgan fingerprint density at radius 1 is 0.970 bits per heavy atom. The number of carbonyl (C=O) groups excluding carboxylic acids is 2. The van der Waals surface area contributed by atoms with E-state index in [9.17, 15) is 22.8 Å². The average Bonchev–Trinajstić information content (AvgIpc) is 2.78. The first-order valence-corrected chi connectivity index (χ1v) is 10.7. The molecule has 2 aromatic carbocycles. The van der Waals surface area contributed by atoms with E-state index in [1.807, 2.05) is 19.1 Å². The maximum Gasteiger partial charge on any atom is 0.416 e. The number of alkyl halides is 3. The minimum atomic E-state index is -4.44. The van der Waals surface area contributed by atoms with Gasteiger partial charge in [-0.05, 0) is 54.7 Å². The Morgan fingerprint density at radius 3 is 2.30 bits per heavy atom. The average molecular weight is 459 g/mol. The number of amides is 1. The largest absolute Gasteiger partial charge is 0.493 e. The molecule has 0 saturated heterocycles. The van der Waals surface area contributed by atoms with Crippen LogP contribution in [0.5, 0.6) is 11.5 Å². The number of halogens is 3. The second-order valence-corrected chi connectivity index (χ2v) is 8.19. The van der Waals surface area contributed by atoms with E-state index in [1.54, 1.807) is 13.2 Å². The van der Waals surface area contributed by atoms with Crippen LogP contribution >= 0.6 is 0 Å². The Labute approximate surface area is 189 Å². The number of ether oxygens (including phenoxy) is 2. The van der Waals surface area contributed by atoms with Crippen LogP contribution in [0.1, 0.15) is 54.7 Å². The van der Waals surface area contributed by atoms with E-state index >= 15 is 0 Å². The molecular formula is C25H24F3NO4. The zero-order valence-electron chi connectivity index (χ0n) is 18.3. The number of ketones is 1. The number of allylic oxidation sites excluding steroid dienone is 2. The quantitative estimate of drug-likeness (QED) is 0.674. The lowest BCUT2D eigenvalue weighted by molar-refractivity contribution is -0.137. The summed E-state index contributed by atoms with van der Waals surface area (Å²) in [5, 5.41) is 2.83. The van der Waals surface area contributed by atoms with E-state index in [-0.39, 0.29) is 30.4 Å². The molecule has 1 amide bonds. The van der Waals surface area contributed by atoms with Crippen LogP contribution in [-0.4, -0.2) is 25.4 Å². The summed E-state index contributed by atoms with van der Waals surface area (Å²) in [6, 6.07) is 10.2. The smallest absolute Gasteiger partial charge is 0.416 e. The van der Waals surface area contributed by atoms with Crippen molar-refractivity contribution in [1.29, 1.82) is 0 Å². The van der Waals surface area contributed by atoms with Gasteiger partial charge in [-0.15, -0.1) is 0 Å². The van der Waals surface area contributed by atoms with E-state index in [1.165, 1.54) is 12.1 Å². The highest BCUT2D eigenvalue weighted by atomic mass is 19.4. The first-order valence-electron chi connectivity index (χ1n) is 10.7. The van der Waals surface area contributed by atoms with Gasteiger partial charge in [0.05, 0.1) is 19.3 Å². The molecule has 2 aliphatic rings. The van der Waals surface area contributed by atoms with Crippen molar-refractivity contribution in [3.05, 3.63) is 70.4 Å². The number of benzene rings is 2. The fraction of sp³-hybridized carbons (Fsp3) is 0.360. The number of hydrogen-bond donors (Lipinski definition) is 1. The van der Waals surface area contributed by atoms with E-state index in [0.29, 0.717) is 41.4 Å². The number of carbonyl (C=O) groups is 2. The van der Waals surface area contributed by atoms with Crippen LogP contribution in [0.4, 0.5) is 13.2 Å². The van der Waals surface area contributed by atoms with Crippen LogP contribution in [0.3, 0.4) is 0 Å². The number of rotatable bonds is 5. The molecule has 33 heavy (non-hydrogen) atoms. The first kappa shape index (κ1) is 22.9. The highest BCUT2D eigenvalue weighted by Gasteiger charge is 2.39. The second-order valence-electron chi connectivity index (χ2n) is 8.19. The van der Waals surface area contributed by atoms with E-state index in [4.69, 9.17) is 9.47 Å². The molecule has 2 atom stereocenters. The van der Waals surface area contributed by atoms with Gasteiger partial charge in [-0.25, -0.2) is 0 Å². The topological polar surface area (TPSA) is 64.6 Å². The molecule has 8 heteroatoms.